The molecule has 0 spiro atoms. The van der Waals surface area contributed by atoms with E-state index in [0.717, 1.165) is 49.3 Å². The molecular weight excluding hydrogens is 440 g/mol. The molecule has 0 atom stereocenters. The Labute approximate surface area is 208 Å². The molecule has 0 bridgehead atoms. The monoisotopic (exact) mass is 460 g/mol. The number of para-hydroxylation sites is 1. The standard InChI is InChI=1S/C32H20N4/c1-3-10-21(11-4-1)30-34-31(22-12-5-2-6-13-22)36-32(35-30)26-16-9-15-24-25(26)18-19-29-27(24)20-23-14-7-8-17-28(23)33-29/h1-20H. The number of nitrogens with zero attached hydrogens (tertiary/aromatic N) is 4. The zero-order valence-corrected chi connectivity index (χ0v) is 19.3. The summed E-state index contributed by atoms with van der Waals surface area (Å²) in [6.45, 7) is 0. The minimum absolute atomic E-state index is 0.654. The Kier molecular flexibility index (Phi) is 4.74. The summed E-state index contributed by atoms with van der Waals surface area (Å²) < 4.78 is 0. The highest BCUT2D eigenvalue weighted by molar-refractivity contribution is 6.13. The highest BCUT2D eigenvalue weighted by Crippen LogP contribution is 2.34. The average molecular weight is 461 g/mol. The average Bonchev–Trinajstić information content (AvgIpc) is 2.96. The molecule has 0 aliphatic heterocycles. The molecule has 0 saturated heterocycles. The number of hydrogen-bond donors (Lipinski definition) is 0. The van der Waals surface area contributed by atoms with Crippen molar-refractivity contribution in [3.8, 4) is 34.2 Å². The summed E-state index contributed by atoms with van der Waals surface area (Å²) in [5, 5.41) is 4.46. The summed E-state index contributed by atoms with van der Waals surface area (Å²) >= 11 is 0. The van der Waals surface area contributed by atoms with Crippen molar-refractivity contribution in [3.63, 3.8) is 0 Å². The highest BCUT2D eigenvalue weighted by Gasteiger charge is 2.15. The van der Waals surface area contributed by atoms with Crippen molar-refractivity contribution in [2.45, 2.75) is 0 Å². The summed E-state index contributed by atoms with van der Waals surface area (Å²) in [5.41, 5.74) is 4.86. The van der Waals surface area contributed by atoms with Crippen molar-refractivity contribution < 1.29 is 0 Å². The normalized spacial score (nSPS) is 11.3. The van der Waals surface area contributed by atoms with Crippen LogP contribution in [0, 0.1) is 0 Å². The van der Waals surface area contributed by atoms with Crippen LogP contribution in [-0.4, -0.2) is 19.9 Å². The van der Waals surface area contributed by atoms with Gasteiger partial charge in [-0.15, -0.1) is 0 Å². The third kappa shape index (κ3) is 3.48. The number of rotatable bonds is 3. The lowest BCUT2D eigenvalue weighted by atomic mass is 9.99. The van der Waals surface area contributed by atoms with Gasteiger partial charge in [0.15, 0.2) is 17.5 Å². The van der Waals surface area contributed by atoms with Crippen LogP contribution in [0.5, 0.6) is 0 Å². The number of hydrogen-bond acceptors (Lipinski definition) is 4. The zero-order chi connectivity index (χ0) is 23.9. The first kappa shape index (κ1) is 20.4. The van der Waals surface area contributed by atoms with E-state index in [1.54, 1.807) is 0 Å². The molecule has 4 nitrogen and oxygen atoms in total. The third-order valence-electron chi connectivity index (χ3n) is 6.50. The number of pyridine rings is 1. The van der Waals surface area contributed by atoms with Crippen molar-refractivity contribution >= 4 is 32.6 Å². The predicted octanol–water partition coefficient (Wildman–Crippen LogP) is 7.73. The van der Waals surface area contributed by atoms with E-state index in [4.69, 9.17) is 19.9 Å². The van der Waals surface area contributed by atoms with E-state index in [0.29, 0.717) is 17.5 Å². The van der Waals surface area contributed by atoms with Crippen molar-refractivity contribution in [2.24, 2.45) is 0 Å². The predicted molar refractivity (Wildman–Crippen MR) is 146 cm³/mol. The summed E-state index contributed by atoms with van der Waals surface area (Å²) in [6.07, 6.45) is 0. The molecule has 7 aromatic rings. The Morgan fingerprint density at radius 3 is 1.72 bits per heavy atom. The highest BCUT2D eigenvalue weighted by atomic mass is 15.0. The van der Waals surface area contributed by atoms with Crippen LogP contribution in [0.1, 0.15) is 0 Å². The summed E-state index contributed by atoms with van der Waals surface area (Å²) in [5.74, 6) is 1.97. The van der Waals surface area contributed by atoms with E-state index in [9.17, 15) is 0 Å². The molecule has 4 heteroatoms. The van der Waals surface area contributed by atoms with Gasteiger partial charge in [-0.05, 0) is 29.0 Å². The molecule has 0 fully saturated rings. The minimum atomic E-state index is 0.654. The first-order valence-corrected chi connectivity index (χ1v) is 11.9. The lowest BCUT2D eigenvalue weighted by Gasteiger charge is -2.11. The van der Waals surface area contributed by atoms with Crippen LogP contribution in [0.15, 0.2) is 121 Å². The van der Waals surface area contributed by atoms with Crippen molar-refractivity contribution in [3.05, 3.63) is 121 Å². The Morgan fingerprint density at radius 2 is 1.00 bits per heavy atom. The Balaban J connectivity index is 1.49. The van der Waals surface area contributed by atoms with Gasteiger partial charge in [-0.3, -0.25) is 0 Å². The second kappa shape index (κ2) is 8.36. The van der Waals surface area contributed by atoms with Crippen LogP contribution in [0.2, 0.25) is 0 Å². The van der Waals surface area contributed by atoms with Crippen LogP contribution in [0.4, 0.5) is 0 Å². The molecule has 2 heterocycles. The lowest BCUT2D eigenvalue weighted by Crippen LogP contribution is -2.00. The van der Waals surface area contributed by atoms with Gasteiger partial charge in [0.1, 0.15) is 0 Å². The fourth-order valence-electron chi connectivity index (χ4n) is 4.74. The zero-order valence-electron chi connectivity index (χ0n) is 19.3. The number of benzene rings is 5. The molecule has 5 aromatic carbocycles. The van der Waals surface area contributed by atoms with E-state index >= 15 is 0 Å². The van der Waals surface area contributed by atoms with Crippen LogP contribution < -0.4 is 0 Å². The van der Waals surface area contributed by atoms with Gasteiger partial charge in [0, 0.05) is 27.5 Å². The molecule has 0 amide bonds. The molecule has 0 aliphatic carbocycles. The van der Waals surface area contributed by atoms with Crippen molar-refractivity contribution in [1.82, 2.24) is 19.9 Å². The SMILES string of the molecule is c1ccc(-c2nc(-c3ccccc3)nc(-c3cccc4c3ccc3nc5ccccc5cc34)n2)cc1. The maximum absolute atomic E-state index is 4.94. The van der Waals surface area contributed by atoms with Gasteiger partial charge in [-0.1, -0.05) is 103 Å². The molecule has 2 aromatic heterocycles. The quantitative estimate of drug-likeness (QED) is 0.200. The molecule has 0 radical (unpaired) electrons. The molecule has 7 rings (SSSR count). The maximum atomic E-state index is 4.94. The molecular formula is C32H20N4. The molecule has 0 N–H and O–H groups in total. The first-order chi connectivity index (χ1) is 17.8. The van der Waals surface area contributed by atoms with Gasteiger partial charge in [0.05, 0.1) is 11.0 Å². The van der Waals surface area contributed by atoms with Crippen LogP contribution in [0.25, 0.3) is 66.7 Å². The molecule has 0 saturated carbocycles. The van der Waals surface area contributed by atoms with E-state index in [1.165, 1.54) is 0 Å². The van der Waals surface area contributed by atoms with Gasteiger partial charge >= 0.3 is 0 Å². The smallest absolute Gasteiger partial charge is 0.164 e. The lowest BCUT2D eigenvalue weighted by molar-refractivity contribution is 1.08. The van der Waals surface area contributed by atoms with E-state index in [1.807, 2.05) is 72.8 Å². The Morgan fingerprint density at radius 1 is 0.361 bits per heavy atom. The topological polar surface area (TPSA) is 51.6 Å². The Hall–Kier alpha value is -4.96. The van der Waals surface area contributed by atoms with Gasteiger partial charge in [0.2, 0.25) is 0 Å². The minimum Gasteiger partial charge on any atom is -0.248 e. The summed E-state index contributed by atoms with van der Waals surface area (Å²) in [7, 11) is 0. The third-order valence-corrected chi connectivity index (χ3v) is 6.50. The van der Waals surface area contributed by atoms with Crippen LogP contribution in [0.3, 0.4) is 0 Å². The largest absolute Gasteiger partial charge is 0.248 e. The molecule has 168 valence electrons. The fraction of sp³-hybridized carbons (Fsp3) is 0. The second-order valence-corrected chi connectivity index (χ2v) is 8.75. The van der Waals surface area contributed by atoms with Gasteiger partial charge in [0.25, 0.3) is 0 Å². The first-order valence-electron chi connectivity index (χ1n) is 11.9. The van der Waals surface area contributed by atoms with Gasteiger partial charge < -0.3 is 0 Å². The van der Waals surface area contributed by atoms with Crippen LogP contribution >= 0.6 is 0 Å². The van der Waals surface area contributed by atoms with Gasteiger partial charge in [-0.2, -0.15) is 0 Å². The molecule has 0 unspecified atom stereocenters. The fourth-order valence-corrected chi connectivity index (χ4v) is 4.74. The van der Waals surface area contributed by atoms with Crippen molar-refractivity contribution in [2.75, 3.05) is 0 Å². The number of fused-ring (bicyclic) bond motifs is 4. The summed E-state index contributed by atoms with van der Waals surface area (Å²) in [6, 6.07) is 41.1. The van der Waals surface area contributed by atoms with E-state index in [-0.39, 0.29) is 0 Å². The Bertz CT molecular complexity index is 1820. The number of aromatic nitrogens is 4. The van der Waals surface area contributed by atoms with E-state index in [2.05, 4.69) is 48.5 Å². The van der Waals surface area contributed by atoms with E-state index < -0.39 is 0 Å². The van der Waals surface area contributed by atoms with Crippen molar-refractivity contribution in [1.29, 1.82) is 0 Å². The van der Waals surface area contributed by atoms with Crippen LogP contribution in [-0.2, 0) is 0 Å². The second-order valence-electron chi connectivity index (χ2n) is 8.75. The molecule has 0 aliphatic rings. The van der Waals surface area contributed by atoms with Gasteiger partial charge in [-0.25, -0.2) is 19.9 Å². The maximum Gasteiger partial charge on any atom is 0.164 e. The molecule has 36 heavy (non-hydrogen) atoms. The summed E-state index contributed by atoms with van der Waals surface area (Å²) in [4.78, 5) is 19.6.